The molecule has 2 amide bonds. The minimum absolute atomic E-state index is 0.160. The fourth-order valence-corrected chi connectivity index (χ4v) is 2.47. The van der Waals surface area contributed by atoms with E-state index in [2.05, 4.69) is 16.0 Å². The van der Waals surface area contributed by atoms with Crippen LogP contribution in [-0.4, -0.2) is 25.0 Å². The van der Waals surface area contributed by atoms with E-state index in [-0.39, 0.29) is 11.8 Å². The molecule has 0 fully saturated rings. The van der Waals surface area contributed by atoms with Gasteiger partial charge in [-0.25, -0.2) is 0 Å². The maximum Gasteiger partial charge on any atom is 0.242 e. The normalized spacial score (nSPS) is 11.4. The maximum atomic E-state index is 12.3. The molecule has 6 nitrogen and oxygen atoms in total. The van der Waals surface area contributed by atoms with Crippen molar-refractivity contribution in [3.8, 4) is 5.75 Å². The van der Waals surface area contributed by atoms with Crippen LogP contribution in [0.15, 0.2) is 42.5 Å². The third-order valence-corrected chi connectivity index (χ3v) is 3.92. The molecule has 0 spiro atoms. The Morgan fingerprint density at radius 3 is 2.46 bits per heavy atom. The van der Waals surface area contributed by atoms with Crippen molar-refractivity contribution >= 4 is 34.8 Å². The molecule has 0 saturated carbocycles. The number of benzene rings is 2. The third kappa shape index (κ3) is 5.67. The molecule has 1 atom stereocenters. The second-order valence-corrected chi connectivity index (χ2v) is 6.24. The lowest BCUT2D eigenvalue weighted by Crippen LogP contribution is -2.37. The van der Waals surface area contributed by atoms with E-state index < -0.39 is 6.04 Å². The number of amides is 2. The Bertz CT molecular complexity index is 778. The van der Waals surface area contributed by atoms with Gasteiger partial charge in [0.15, 0.2) is 0 Å². The Kier molecular flexibility index (Phi) is 6.86. The fraction of sp³-hybridized carbons (Fsp3) is 0.263. The molecule has 0 bridgehead atoms. The number of hydrogen-bond acceptors (Lipinski definition) is 4. The zero-order chi connectivity index (χ0) is 19.1. The van der Waals surface area contributed by atoms with Gasteiger partial charge in [0, 0.05) is 24.2 Å². The lowest BCUT2D eigenvalue weighted by molar-refractivity contribution is -0.121. The van der Waals surface area contributed by atoms with E-state index in [4.69, 9.17) is 16.3 Å². The largest absolute Gasteiger partial charge is 0.495 e. The summed E-state index contributed by atoms with van der Waals surface area (Å²) in [5, 5.41) is 9.34. The van der Waals surface area contributed by atoms with Crippen LogP contribution in [0, 0.1) is 0 Å². The summed E-state index contributed by atoms with van der Waals surface area (Å²) in [4.78, 5) is 23.6. The number of carbonyl (C=O) groups excluding carboxylic acids is 2. The van der Waals surface area contributed by atoms with Crippen molar-refractivity contribution in [1.82, 2.24) is 5.32 Å². The molecule has 2 rings (SSSR count). The average Bonchev–Trinajstić information content (AvgIpc) is 2.60. The summed E-state index contributed by atoms with van der Waals surface area (Å²) in [7, 11) is 1.55. The van der Waals surface area contributed by atoms with Gasteiger partial charge in [0.05, 0.1) is 12.8 Å². The van der Waals surface area contributed by atoms with E-state index in [1.165, 1.54) is 6.92 Å². The smallest absolute Gasteiger partial charge is 0.242 e. The van der Waals surface area contributed by atoms with Crippen molar-refractivity contribution in [2.24, 2.45) is 0 Å². The molecule has 0 aliphatic carbocycles. The number of hydrogen-bond donors (Lipinski definition) is 3. The summed E-state index contributed by atoms with van der Waals surface area (Å²) in [6.45, 7) is 3.59. The molecule has 138 valence electrons. The Morgan fingerprint density at radius 1 is 1.15 bits per heavy atom. The Hall–Kier alpha value is -2.73. The predicted molar refractivity (Wildman–Crippen MR) is 104 cm³/mol. The van der Waals surface area contributed by atoms with Gasteiger partial charge < -0.3 is 20.7 Å². The van der Waals surface area contributed by atoms with Crippen LogP contribution in [0.2, 0.25) is 5.02 Å². The van der Waals surface area contributed by atoms with Crippen molar-refractivity contribution < 1.29 is 14.3 Å². The van der Waals surface area contributed by atoms with E-state index in [0.29, 0.717) is 28.7 Å². The van der Waals surface area contributed by atoms with Crippen molar-refractivity contribution in [1.29, 1.82) is 0 Å². The molecule has 0 aliphatic heterocycles. The highest BCUT2D eigenvalue weighted by Crippen LogP contribution is 2.28. The maximum absolute atomic E-state index is 12.3. The van der Waals surface area contributed by atoms with Gasteiger partial charge in [0.1, 0.15) is 11.8 Å². The van der Waals surface area contributed by atoms with Crippen LogP contribution in [0.4, 0.5) is 11.4 Å². The first-order valence-corrected chi connectivity index (χ1v) is 8.51. The molecular formula is C19H22ClN3O3. The second-order valence-electron chi connectivity index (χ2n) is 5.81. The number of nitrogens with one attached hydrogen (secondary N) is 3. The van der Waals surface area contributed by atoms with E-state index >= 15 is 0 Å². The minimum Gasteiger partial charge on any atom is -0.495 e. The summed E-state index contributed by atoms with van der Waals surface area (Å²) in [6.07, 6.45) is 0. The SMILES string of the molecule is COc1ccc(NC(C)=O)cc1N[C@H](C)C(=O)NCc1ccc(Cl)cc1. The number of ether oxygens (including phenoxy) is 1. The molecule has 3 N–H and O–H groups in total. The summed E-state index contributed by atoms with van der Waals surface area (Å²) >= 11 is 5.85. The number of anilines is 2. The average molecular weight is 376 g/mol. The molecule has 2 aromatic carbocycles. The highest BCUT2D eigenvalue weighted by atomic mass is 35.5. The Labute approximate surface area is 157 Å². The summed E-state index contributed by atoms with van der Waals surface area (Å²) in [5.41, 5.74) is 2.20. The van der Waals surface area contributed by atoms with Gasteiger partial charge >= 0.3 is 0 Å². The highest BCUT2D eigenvalue weighted by molar-refractivity contribution is 6.30. The van der Waals surface area contributed by atoms with Crippen molar-refractivity contribution in [2.45, 2.75) is 26.4 Å². The zero-order valence-electron chi connectivity index (χ0n) is 14.9. The van der Waals surface area contributed by atoms with Gasteiger partial charge in [-0.05, 0) is 42.8 Å². The van der Waals surface area contributed by atoms with Crippen LogP contribution in [0.1, 0.15) is 19.4 Å². The number of halogens is 1. The van der Waals surface area contributed by atoms with Crippen molar-refractivity contribution in [2.75, 3.05) is 17.7 Å². The number of rotatable bonds is 7. The third-order valence-electron chi connectivity index (χ3n) is 3.67. The van der Waals surface area contributed by atoms with Crippen LogP contribution >= 0.6 is 11.6 Å². The van der Waals surface area contributed by atoms with Crippen molar-refractivity contribution in [3.05, 3.63) is 53.1 Å². The lowest BCUT2D eigenvalue weighted by Gasteiger charge is -2.18. The van der Waals surface area contributed by atoms with Gasteiger partial charge in [-0.15, -0.1) is 0 Å². The van der Waals surface area contributed by atoms with E-state index in [1.54, 1.807) is 44.4 Å². The highest BCUT2D eigenvalue weighted by Gasteiger charge is 2.15. The fourth-order valence-electron chi connectivity index (χ4n) is 2.35. The number of carbonyl (C=O) groups is 2. The first-order chi connectivity index (χ1) is 12.4. The van der Waals surface area contributed by atoms with Crippen molar-refractivity contribution in [3.63, 3.8) is 0 Å². The predicted octanol–water partition coefficient (Wildman–Crippen LogP) is 3.42. The molecule has 0 unspecified atom stereocenters. The van der Waals surface area contributed by atoms with E-state index in [0.717, 1.165) is 5.56 Å². The second kappa shape index (κ2) is 9.10. The minimum atomic E-state index is -0.497. The Balaban J connectivity index is 2.00. The van der Waals surface area contributed by atoms with Gasteiger partial charge in [-0.1, -0.05) is 23.7 Å². The van der Waals surface area contributed by atoms with Crippen LogP contribution in [0.3, 0.4) is 0 Å². The molecule has 0 aliphatic rings. The quantitative estimate of drug-likeness (QED) is 0.692. The molecule has 0 aromatic heterocycles. The van der Waals surface area contributed by atoms with Gasteiger partial charge in [0.2, 0.25) is 11.8 Å². The topological polar surface area (TPSA) is 79.5 Å². The molecule has 2 aromatic rings. The molecular weight excluding hydrogens is 354 g/mol. The van der Waals surface area contributed by atoms with Crippen LogP contribution in [0.25, 0.3) is 0 Å². The standard InChI is InChI=1S/C19H22ClN3O3/c1-12(19(25)21-11-14-4-6-15(20)7-5-14)22-17-10-16(23-13(2)24)8-9-18(17)26-3/h4-10,12,22H,11H2,1-3H3,(H,21,25)(H,23,24)/t12-/m1/s1. The summed E-state index contributed by atoms with van der Waals surface area (Å²) in [6, 6.07) is 12.0. The lowest BCUT2D eigenvalue weighted by atomic mass is 10.2. The van der Waals surface area contributed by atoms with Gasteiger partial charge in [0.25, 0.3) is 0 Å². The van der Waals surface area contributed by atoms with E-state index in [1.807, 2.05) is 12.1 Å². The van der Waals surface area contributed by atoms with Gasteiger partial charge in [-0.3, -0.25) is 9.59 Å². The summed E-state index contributed by atoms with van der Waals surface area (Å²) in [5.74, 6) is 0.248. The molecule has 0 saturated heterocycles. The molecule has 0 radical (unpaired) electrons. The molecule has 26 heavy (non-hydrogen) atoms. The van der Waals surface area contributed by atoms with E-state index in [9.17, 15) is 9.59 Å². The first kappa shape index (κ1) is 19.6. The number of methoxy groups -OCH3 is 1. The molecule has 7 heteroatoms. The summed E-state index contributed by atoms with van der Waals surface area (Å²) < 4.78 is 5.31. The van der Waals surface area contributed by atoms with Crippen LogP contribution in [-0.2, 0) is 16.1 Å². The first-order valence-electron chi connectivity index (χ1n) is 8.13. The molecule has 0 heterocycles. The van der Waals surface area contributed by atoms with Crippen LogP contribution < -0.4 is 20.7 Å². The van der Waals surface area contributed by atoms with Gasteiger partial charge in [-0.2, -0.15) is 0 Å². The van der Waals surface area contributed by atoms with Crippen LogP contribution in [0.5, 0.6) is 5.75 Å². The zero-order valence-corrected chi connectivity index (χ0v) is 15.7. The Morgan fingerprint density at radius 2 is 1.85 bits per heavy atom. The monoisotopic (exact) mass is 375 g/mol.